The zero-order chi connectivity index (χ0) is 13.8. The van der Waals surface area contributed by atoms with Gasteiger partial charge in [-0.1, -0.05) is 65.6 Å². The van der Waals surface area contributed by atoms with Crippen LogP contribution in [0.2, 0.25) is 5.02 Å². The van der Waals surface area contributed by atoms with Crippen LogP contribution >= 0.6 is 34.2 Å². The molecule has 0 spiro atoms. The number of carboxylic acid groups (broad SMARTS) is 1. The lowest BCUT2D eigenvalue weighted by Gasteiger charge is -2.23. The minimum atomic E-state index is -0.770. The van der Waals surface area contributed by atoms with Crippen LogP contribution in [0.4, 0.5) is 0 Å². The summed E-state index contributed by atoms with van der Waals surface area (Å²) in [6.07, 6.45) is 6.89. The maximum atomic E-state index is 10.9. The Labute approximate surface area is 132 Å². The summed E-state index contributed by atoms with van der Waals surface area (Å²) in [7, 11) is 0. The lowest BCUT2D eigenvalue weighted by Crippen LogP contribution is -2.15. The Morgan fingerprint density at radius 2 is 2.05 bits per heavy atom. The molecule has 2 nitrogen and oxygen atoms in total. The van der Waals surface area contributed by atoms with Crippen molar-refractivity contribution in [3.8, 4) is 0 Å². The van der Waals surface area contributed by atoms with Gasteiger partial charge in [0.25, 0.3) is 0 Å². The van der Waals surface area contributed by atoms with Gasteiger partial charge in [0.05, 0.1) is 0 Å². The Morgan fingerprint density at radius 3 is 2.63 bits per heavy atom. The van der Waals surface area contributed by atoms with Crippen LogP contribution in [0, 0.1) is 0 Å². The van der Waals surface area contributed by atoms with Gasteiger partial charge in [0.2, 0.25) is 0 Å². The molecule has 0 heterocycles. The molecule has 0 saturated heterocycles. The van der Waals surface area contributed by atoms with Gasteiger partial charge in [0.15, 0.2) is 0 Å². The van der Waals surface area contributed by atoms with Crippen LogP contribution < -0.4 is 0 Å². The Kier molecular flexibility index (Phi) is 5.51. The molecule has 19 heavy (non-hydrogen) atoms. The number of carboxylic acids is 1. The van der Waals surface area contributed by atoms with Gasteiger partial charge in [-0.2, -0.15) is 0 Å². The maximum Gasteiger partial charge on any atom is 0.316 e. The number of aliphatic carboxylic acids is 1. The van der Waals surface area contributed by atoms with Gasteiger partial charge in [-0.05, 0) is 42.4 Å². The third kappa shape index (κ3) is 4.09. The second-order valence-electron chi connectivity index (χ2n) is 5.20. The van der Waals surface area contributed by atoms with Crippen molar-refractivity contribution < 1.29 is 9.90 Å². The Bertz CT molecular complexity index is 455. The zero-order valence-corrected chi connectivity index (χ0v) is 13.7. The summed E-state index contributed by atoms with van der Waals surface area (Å²) in [6.45, 7) is 0. The maximum absolute atomic E-state index is 10.9. The van der Waals surface area contributed by atoms with E-state index in [4.69, 9.17) is 16.7 Å². The lowest BCUT2D eigenvalue weighted by atomic mass is 9.84. The summed E-state index contributed by atoms with van der Waals surface area (Å²) in [5.74, 6) is -0.182. The third-order valence-electron chi connectivity index (χ3n) is 3.79. The fraction of sp³-hybridized carbons (Fsp3) is 0.533. The summed E-state index contributed by atoms with van der Waals surface area (Å²) in [5, 5.41) is 9.73. The van der Waals surface area contributed by atoms with E-state index in [1.54, 1.807) is 0 Å². The van der Waals surface area contributed by atoms with Crippen molar-refractivity contribution in [1.82, 2.24) is 0 Å². The monoisotopic (exact) mass is 392 g/mol. The second kappa shape index (κ2) is 6.93. The van der Waals surface area contributed by atoms with Crippen molar-refractivity contribution in [2.75, 3.05) is 0 Å². The van der Waals surface area contributed by atoms with Crippen molar-refractivity contribution in [3.63, 3.8) is 0 Å². The van der Waals surface area contributed by atoms with E-state index >= 15 is 0 Å². The van der Waals surface area contributed by atoms with E-state index in [1.807, 2.05) is 34.7 Å². The second-order valence-corrected chi connectivity index (χ2v) is 7.11. The van der Waals surface area contributed by atoms with Crippen LogP contribution in [0.3, 0.4) is 0 Å². The molecule has 1 aromatic carbocycles. The molecular formula is C15H18ClIO2. The number of carbonyl (C=O) groups is 1. The van der Waals surface area contributed by atoms with E-state index in [0.29, 0.717) is 12.3 Å². The molecule has 2 rings (SSSR count). The highest BCUT2D eigenvalue weighted by atomic mass is 127. The van der Waals surface area contributed by atoms with Gasteiger partial charge in [0, 0.05) is 5.02 Å². The number of hydrogen-bond acceptors (Lipinski definition) is 1. The summed E-state index contributed by atoms with van der Waals surface area (Å²) in [4.78, 5) is 10.9. The van der Waals surface area contributed by atoms with Gasteiger partial charge in [0.1, 0.15) is 3.92 Å². The van der Waals surface area contributed by atoms with Crippen molar-refractivity contribution in [3.05, 3.63) is 34.3 Å². The van der Waals surface area contributed by atoms with Crippen molar-refractivity contribution >= 4 is 40.2 Å². The molecule has 0 bridgehead atoms. The summed E-state index contributed by atoms with van der Waals surface area (Å²) >= 11 is 8.33. The fourth-order valence-electron chi connectivity index (χ4n) is 2.74. The van der Waals surface area contributed by atoms with Crippen LogP contribution in [0.25, 0.3) is 0 Å². The normalized spacial score (nSPS) is 18.2. The van der Waals surface area contributed by atoms with Crippen molar-refractivity contribution in [2.45, 2.75) is 48.4 Å². The average molecular weight is 393 g/mol. The van der Waals surface area contributed by atoms with E-state index in [9.17, 15) is 4.79 Å². The van der Waals surface area contributed by atoms with Gasteiger partial charge >= 0.3 is 5.97 Å². The molecule has 4 heteroatoms. The predicted octanol–water partition coefficient (Wildman–Crippen LogP) is 4.82. The van der Waals surface area contributed by atoms with E-state index < -0.39 is 9.89 Å². The zero-order valence-electron chi connectivity index (χ0n) is 10.7. The molecule has 1 fully saturated rings. The van der Waals surface area contributed by atoms with Crippen molar-refractivity contribution in [1.29, 1.82) is 0 Å². The Hall–Kier alpha value is -0.290. The van der Waals surface area contributed by atoms with Gasteiger partial charge in [-0.3, -0.25) is 4.79 Å². The lowest BCUT2D eigenvalue weighted by molar-refractivity contribution is -0.135. The first-order chi connectivity index (χ1) is 9.08. The van der Waals surface area contributed by atoms with E-state index in [1.165, 1.54) is 37.7 Å². The number of benzene rings is 1. The molecule has 0 radical (unpaired) electrons. The molecule has 1 unspecified atom stereocenters. The van der Waals surface area contributed by atoms with E-state index in [-0.39, 0.29) is 0 Å². The number of halogens is 2. The number of alkyl halides is 1. The Morgan fingerprint density at radius 1 is 1.37 bits per heavy atom. The topological polar surface area (TPSA) is 37.3 Å². The molecule has 104 valence electrons. The van der Waals surface area contributed by atoms with Crippen LogP contribution in [-0.4, -0.2) is 15.0 Å². The molecule has 0 aromatic heterocycles. The smallest absolute Gasteiger partial charge is 0.316 e. The van der Waals surface area contributed by atoms with Crippen LogP contribution in [0.5, 0.6) is 0 Å². The first-order valence-electron chi connectivity index (χ1n) is 6.73. The minimum absolute atomic E-state index is 0.394. The van der Waals surface area contributed by atoms with Crippen LogP contribution in [0.1, 0.15) is 49.1 Å². The third-order valence-corrected chi connectivity index (χ3v) is 5.09. The highest BCUT2D eigenvalue weighted by Crippen LogP contribution is 2.36. The molecule has 0 amide bonds. The van der Waals surface area contributed by atoms with E-state index in [0.717, 1.165) is 10.6 Å². The summed E-state index contributed by atoms with van der Waals surface area (Å²) in [6, 6.07) is 6.07. The molecule has 1 saturated carbocycles. The largest absolute Gasteiger partial charge is 0.480 e. The van der Waals surface area contributed by atoms with Crippen molar-refractivity contribution in [2.24, 2.45) is 0 Å². The van der Waals surface area contributed by atoms with Crippen LogP contribution in [0.15, 0.2) is 18.2 Å². The average Bonchev–Trinajstić information content (AvgIpc) is 2.39. The summed E-state index contributed by atoms with van der Waals surface area (Å²) in [5.41, 5.74) is 2.25. The summed E-state index contributed by atoms with van der Waals surface area (Å²) < 4.78 is -0.394. The minimum Gasteiger partial charge on any atom is -0.480 e. The SMILES string of the molecule is O=C(O)C(I)Cc1ccc(C2CCCCC2)c(Cl)c1. The van der Waals surface area contributed by atoms with Gasteiger partial charge in [-0.25, -0.2) is 0 Å². The number of hydrogen-bond donors (Lipinski definition) is 1. The molecule has 1 atom stereocenters. The first-order valence-corrected chi connectivity index (χ1v) is 8.35. The van der Waals surface area contributed by atoms with Gasteiger partial charge in [-0.15, -0.1) is 0 Å². The highest BCUT2D eigenvalue weighted by molar-refractivity contribution is 14.1. The molecule has 1 aromatic rings. The highest BCUT2D eigenvalue weighted by Gasteiger charge is 2.19. The van der Waals surface area contributed by atoms with Gasteiger partial charge < -0.3 is 5.11 Å². The molecule has 0 aliphatic heterocycles. The molecule has 1 aliphatic carbocycles. The molecular weight excluding hydrogens is 375 g/mol. The van der Waals surface area contributed by atoms with Crippen LogP contribution in [-0.2, 0) is 11.2 Å². The predicted molar refractivity (Wildman–Crippen MR) is 86.4 cm³/mol. The first kappa shape index (κ1) is 15.1. The molecule has 1 aliphatic rings. The quantitative estimate of drug-likeness (QED) is 0.589. The number of rotatable bonds is 4. The fourth-order valence-corrected chi connectivity index (χ4v) is 3.60. The van der Waals surface area contributed by atoms with E-state index in [2.05, 4.69) is 6.07 Å². The standard InChI is InChI=1S/C15H18ClIO2/c16-13-8-10(9-14(17)15(18)19)6-7-12(13)11-4-2-1-3-5-11/h6-8,11,14H,1-5,9H2,(H,18,19). The molecule has 1 N–H and O–H groups in total. The Balaban J connectivity index is 2.10.